The van der Waals surface area contributed by atoms with E-state index in [9.17, 15) is 0 Å². The maximum atomic E-state index is 5.16. The Balaban J connectivity index is 2.24. The second-order valence-electron chi connectivity index (χ2n) is 3.59. The van der Waals surface area contributed by atoms with Gasteiger partial charge in [0, 0.05) is 0 Å². The van der Waals surface area contributed by atoms with Crippen molar-refractivity contribution in [1.29, 1.82) is 0 Å². The Hall–Kier alpha value is -1.33. The number of hydrogen-bond donors (Lipinski definition) is 0. The molecule has 0 spiro atoms. The van der Waals surface area contributed by atoms with Crippen molar-refractivity contribution in [1.82, 2.24) is 0 Å². The Kier molecular flexibility index (Phi) is 3.58. The molecule has 0 radical (unpaired) electrons. The van der Waals surface area contributed by atoms with Crippen LogP contribution in [0.15, 0.2) is 54.6 Å². The number of benzene rings is 2. The molecule has 2 rings (SSSR count). The van der Waals surface area contributed by atoms with Crippen molar-refractivity contribution in [3.05, 3.63) is 54.6 Å². The van der Waals surface area contributed by atoms with E-state index in [0.29, 0.717) is 0 Å². The Morgan fingerprint density at radius 2 is 1.38 bits per heavy atom. The van der Waals surface area contributed by atoms with Crippen LogP contribution in [-0.4, -0.2) is 13.8 Å². The van der Waals surface area contributed by atoms with Gasteiger partial charge in [0.2, 0.25) is 0 Å². The Labute approximate surface area is 97.8 Å². The van der Waals surface area contributed by atoms with Crippen molar-refractivity contribution >= 4 is 18.5 Å². The van der Waals surface area contributed by atoms with Gasteiger partial charge >= 0.3 is 0 Å². The molecule has 2 heteroatoms. The minimum atomic E-state index is -0.244. The summed E-state index contributed by atoms with van der Waals surface area (Å²) in [4.78, 5) is 0. The smallest absolute Gasteiger partial charge is 0.118 e. The van der Waals surface area contributed by atoms with Crippen molar-refractivity contribution in [2.75, 3.05) is 13.8 Å². The third kappa shape index (κ3) is 2.43. The predicted molar refractivity (Wildman–Crippen MR) is 71.5 cm³/mol. The highest BCUT2D eigenvalue weighted by molar-refractivity contribution is 7.72. The molecule has 0 heterocycles. The molecule has 0 aliphatic carbocycles. The summed E-state index contributed by atoms with van der Waals surface area (Å²) in [6.07, 6.45) is 0. The van der Waals surface area contributed by atoms with Crippen LogP contribution in [0.25, 0.3) is 0 Å². The number of rotatable bonds is 3. The molecular weight excluding hydrogens is 215 g/mol. The molecule has 82 valence electrons. The van der Waals surface area contributed by atoms with Gasteiger partial charge in [0.05, 0.1) is 7.11 Å². The Morgan fingerprint density at radius 1 is 0.812 bits per heavy atom. The SMILES string of the molecule is COc1ccc(P(C)c2ccccc2)cc1. The minimum absolute atomic E-state index is 0.244. The summed E-state index contributed by atoms with van der Waals surface area (Å²) < 4.78 is 5.16. The molecule has 1 nitrogen and oxygen atoms in total. The van der Waals surface area contributed by atoms with E-state index in [0.717, 1.165) is 5.75 Å². The Bertz CT molecular complexity index is 436. The molecular formula is C14H15OP. The first-order valence-corrected chi connectivity index (χ1v) is 7.03. The molecule has 0 aromatic heterocycles. The fraction of sp³-hybridized carbons (Fsp3) is 0.143. The van der Waals surface area contributed by atoms with Crippen molar-refractivity contribution in [2.45, 2.75) is 0 Å². The summed E-state index contributed by atoms with van der Waals surface area (Å²) in [6.45, 7) is 2.28. The average molecular weight is 230 g/mol. The summed E-state index contributed by atoms with van der Waals surface area (Å²) in [5.74, 6) is 0.917. The van der Waals surface area contributed by atoms with Crippen molar-refractivity contribution < 1.29 is 4.74 Å². The van der Waals surface area contributed by atoms with Crippen LogP contribution in [-0.2, 0) is 0 Å². The van der Waals surface area contributed by atoms with Crippen LogP contribution in [0.4, 0.5) is 0 Å². The molecule has 0 N–H and O–H groups in total. The number of methoxy groups -OCH3 is 1. The summed E-state index contributed by atoms with van der Waals surface area (Å²) in [5.41, 5.74) is 0. The van der Waals surface area contributed by atoms with Crippen LogP contribution >= 0.6 is 7.92 Å². The quantitative estimate of drug-likeness (QED) is 0.737. The van der Waals surface area contributed by atoms with Gasteiger partial charge < -0.3 is 4.74 Å². The van der Waals surface area contributed by atoms with Crippen molar-refractivity contribution in [3.63, 3.8) is 0 Å². The molecule has 1 atom stereocenters. The molecule has 1 unspecified atom stereocenters. The largest absolute Gasteiger partial charge is 0.497 e. The maximum absolute atomic E-state index is 5.16. The van der Waals surface area contributed by atoms with Crippen molar-refractivity contribution in [2.24, 2.45) is 0 Å². The molecule has 0 aliphatic heterocycles. The van der Waals surface area contributed by atoms with Gasteiger partial charge in [0.15, 0.2) is 0 Å². The predicted octanol–water partition coefficient (Wildman–Crippen LogP) is 2.76. The van der Waals surface area contributed by atoms with Gasteiger partial charge in [-0.25, -0.2) is 0 Å². The van der Waals surface area contributed by atoms with E-state index in [1.54, 1.807) is 7.11 Å². The second kappa shape index (κ2) is 5.14. The van der Waals surface area contributed by atoms with Gasteiger partial charge in [-0.05, 0) is 37.3 Å². The average Bonchev–Trinajstić information content (AvgIpc) is 2.39. The lowest BCUT2D eigenvalue weighted by molar-refractivity contribution is 0.415. The van der Waals surface area contributed by atoms with Gasteiger partial charge in [0.25, 0.3) is 0 Å². The summed E-state index contributed by atoms with van der Waals surface area (Å²) in [6, 6.07) is 19.0. The minimum Gasteiger partial charge on any atom is -0.497 e. The van der Waals surface area contributed by atoms with E-state index in [2.05, 4.69) is 49.1 Å². The van der Waals surface area contributed by atoms with Gasteiger partial charge in [-0.2, -0.15) is 0 Å². The van der Waals surface area contributed by atoms with Crippen LogP contribution in [0.3, 0.4) is 0 Å². The normalized spacial score (nSPS) is 12.1. The topological polar surface area (TPSA) is 9.23 Å². The second-order valence-corrected chi connectivity index (χ2v) is 5.74. The summed E-state index contributed by atoms with van der Waals surface area (Å²) in [7, 11) is 1.45. The van der Waals surface area contributed by atoms with E-state index in [-0.39, 0.29) is 7.92 Å². The van der Waals surface area contributed by atoms with Gasteiger partial charge in [-0.15, -0.1) is 0 Å². The molecule has 0 fully saturated rings. The van der Waals surface area contributed by atoms with Gasteiger partial charge in [-0.1, -0.05) is 42.5 Å². The van der Waals surface area contributed by atoms with Crippen molar-refractivity contribution in [3.8, 4) is 5.75 Å². The standard InChI is InChI=1S/C14H15OP/c1-15-12-8-10-14(11-9-12)16(2)13-6-4-3-5-7-13/h3-11H,1-2H3. The first-order chi connectivity index (χ1) is 7.81. The molecule has 0 amide bonds. The first kappa shape index (κ1) is 11.2. The lowest BCUT2D eigenvalue weighted by atomic mass is 10.3. The van der Waals surface area contributed by atoms with Crippen LogP contribution in [0.5, 0.6) is 5.75 Å². The molecule has 0 saturated carbocycles. The lowest BCUT2D eigenvalue weighted by Crippen LogP contribution is -2.09. The first-order valence-electron chi connectivity index (χ1n) is 5.24. The molecule has 16 heavy (non-hydrogen) atoms. The third-order valence-corrected chi connectivity index (χ3v) is 4.75. The molecule has 0 aliphatic rings. The zero-order valence-corrected chi connectivity index (χ0v) is 10.4. The van der Waals surface area contributed by atoms with Gasteiger partial charge in [-0.3, -0.25) is 0 Å². The van der Waals surface area contributed by atoms with Crippen LogP contribution in [0, 0.1) is 0 Å². The highest BCUT2D eigenvalue weighted by Gasteiger charge is 2.06. The van der Waals surface area contributed by atoms with E-state index >= 15 is 0 Å². The molecule has 0 bridgehead atoms. The third-order valence-electron chi connectivity index (χ3n) is 2.60. The van der Waals surface area contributed by atoms with E-state index in [4.69, 9.17) is 4.74 Å². The fourth-order valence-electron chi connectivity index (χ4n) is 1.61. The van der Waals surface area contributed by atoms with E-state index < -0.39 is 0 Å². The zero-order chi connectivity index (χ0) is 11.4. The Morgan fingerprint density at radius 3 is 1.94 bits per heavy atom. The van der Waals surface area contributed by atoms with E-state index in [1.165, 1.54) is 10.6 Å². The fourth-order valence-corrected chi connectivity index (χ4v) is 3.12. The molecule has 2 aromatic rings. The highest BCUT2D eigenvalue weighted by Crippen LogP contribution is 2.28. The van der Waals surface area contributed by atoms with Crippen LogP contribution < -0.4 is 15.3 Å². The number of ether oxygens (including phenoxy) is 1. The monoisotopic (exact) mass is 230 g/mol. The summed E-state index contributed by atoms with van der Waals surface area (Å²) in [5, 5.41) is 2.78. The number of hydrogen-bond acceptors (Lipinski definition) is 1. The zero-order valence-electron chi connectivity index (χ0n) is 9.55. The van der Waals surface area contributed by atoms with Crippen LogP contribution in [0.2, 0.25) is 0 Å². The summed E-state index contributed by atoms with van der Waals surface area (Å²) >= 11 is 0. The van der Waals surface area contributed by atoms with E-state index in [1.807, 2.05) is 12.1 Å². The van der Waals surface area contributed by atoms with Gasteiger partial charge in [0.1, 0.15) is 5.75 Å². The molecule has 2 aromatic carbocycles. The lowest BCUT2D eigenvalue weighted by Gasteiger charge is -2.13. The van der Waals surface area contributed by atoms with Crippen LogP contribution in [0.1, 0.15) is 0 Å². The molecule has 0 saturated heterocycles. The highest BCUT2D eigenvalue weighted by atomic mass is 31.1. The maximum Gasteiger partial charge on any atom is 0.118 e.